The monoisotopic (exact) mass is 538 g/mol. The number of nitro benzene ring substituents is 1. The van der Waals surface area contributed by atoms with Crippen molar-refractivity contribution in [1.29, 1.82) is 0 Å². The molecule has 1 heterocycles. The van der Waals surface area contributed by atoms with Gasteiger partial charge in [-0.1, -0.05) is 41.6 Å². The number of para-hydroxylation sites is 1. The van der Waals surface area contributed by atoms with Crippen LogP contribution in [0.5, 0.6) is 11.5 Å². The lowest BCUT2D eigenvalue weighted by Gasteiger charge is -2.10. The van der Waals surface area contributed by atoms with Crippen molar-refractivity contribution in [3.05, 3.63) is 87.4 Å². The molecular formula is C24H19ClN6O5S. The lowest BCUT2D eigenvalue weighted by molar-refractivity contribution is -0.385. The molecule has 0 bridgehead atoms. The Morgan fingerprint density at radius 2 is 1.95 bits per heavy atom. The van der Waals surface area contributed by atoms with Crippen LogP contribution >= 0.6 is 23.4 Å². The van der Waals surface area contributed by atoms with Gasteiger partial charge in [-0.2, -0.15) is 5.10 Å². The maximum atomic E-state index is 12.4. The summed E-state index contributed by atoms with van der Waals surface area (Å²) in [6.45, 7) is 0. The first-order valence-corrected chi connectivity index (χ1v) is 12.0. The van der Waals surface area contributed by atoms with Crippen LogP contribution in [-0.4, -0.2) is 49.8 Å². The molecule has 0 radical (unpaired) electrons. The summed E-state index contributed by atoms with van der Waals surface area (Å²) in [5, 5.41) is 34.7. The molecule has 0 saturated carbocycles. The number of rotatable bonds is 9. The molecule has 2 N–H and O–H groups in total. The minimum atomic E-state index is -0.629. The van der Waals surface area contributed by atoms with E-state index < -0.39 is 10.8 Å². The molecule has 3 aromatic carbocycles. The quantitative estimate of drug-likeness (QED) is 0.137. The predicted molar refractivity (Wildman–Crippen MR) is 140 cm³/mol. The highest BCUT2D eigenvalue weighted by molar-refractivity contribution is 7.99. The van der Waals surface area contributed by atoms with E-state index in [9.17, 15) is 20.0 Å². The van der Waals surface area contributed by atoms with E-state index in [0.29, 0.717) is 16.0 Å². The van der Waals surface area contributed by atoms with Crippen LogP contribution in [0, 0.1) is 10.1 Å². The van der Waals surface area contributed by atoms with Crippen LogP contribution in [0.3, 0.4) is 0 Å². The van der Waals surface area contributed by atoms with Crippen LogP contribution in [0.2, 0.25) is 5.02 Å². The first-order chi connectivity index (χ1) is 17.9. The summed E-state index contributed by atoms with van der Waals surface area (Å²) >= 11 is 7.17. The number of hydrogen-bond donors (Lipinski definition) is 2. The summed E-state index contributed by atoms with van der Waals surface area (Å²) in [4.78, 5) is 22.9. The molecule has 0 spiro atoms. The van der Waals surface area contributed by atoms with Crippen LogP contribution < -0.4 is 10.2 Å². The Morgan fingerprint density at radius 3 is 2.62 bits per heavy atom. The number of halogens is 1. The van der Waals surface area contributed by atoms with Gasteiger partial charge in [-0.3, -0.25) is 19.5 Å². The molecular weight excluding hydrogens is 520 g/mol. The number of phenols is 1. The maximum Gasteiger partial charge on any atom is 0.274 e. The minimum absolute atomic E-state index is 0.00966. The smallest absolute Gasteiger partial charge is 0.274 e. The highest BCUT2D eigenvalue weighted by atomic mass is 35.5. The molecule has 188 valence electrons. The number of aromatic hydroxyl groups is 1. The van der Waals surface area contributed by atoms with Crippen molar-refractivity contribution in [1.82, 2.24) is 20.2 Å². The number of carbonyl (C=O) groups excluding carboxylic acids is 1. The van der Waals surface area contributed by atoms with Gasteiger partial charge in [0.25, 0.3) is 11.6 Å². The number of nitrogens with one attached hydrogen (secondary N) is 1. The SMILES string of the molecule is COc1cc([N+](=O)[O-])cc(/C=N\NC(=O)CSc2nnc(-c3ccc(Cl)cc3)n2-c2ccccc2)c1O. The van der Waals surface area contributed by atoms with E-state index in [4.69, 9.17) is 16.3 Å². The number of amides is 1. The Hall–Kier alpha value is -4.42. The van der Waals surface area contributed by atoms with Crippen molar-refractivity contribution in [3.63, 3.8) is 0 Å². The molecule has 4 aromatic rings. The fraction of sp³-hybridized carbons (Fsp3) is 0.0833. The zero-order valence-corrected chi connectivity index (χ0v) is 20.8. The third kappa shape index (κ3) is 6.05. The van der Waals surface area contributed by atoms with Crippen LogP contribution in [0.25, 0.3) is 17.1 Å². The number of benzene rings is 3. The van der Waals surface area contributed by atoms with Gasteiger partial charge in [-0.25, -0.2) is 5.43 Å². The Labute approximate surface area is 219 Å². The number of non-ortho nitro benzene ring substituents is 1. The molecule has 11 nitrogen and oxygen atoms in total. The average molecular weight is 539 g/mol. The number of hydrogen-bond acceptors (Lipinski definition) is 9. The number of thioether (sulfide) groups is 1. The van der Waals surface area contributed by atoms with E-state index in [2.05, 4.69) is 20.7 Å². The number of nitrogens with zero attached hydrogens (tertiary/aromatic N) is 5. The van der Waals surface area contributed by atoms with E-state index in [0.717, 1.165) is 41.4 Å². The largest absolute Gasteiger partial charge is 0.504 e. The van der Waals surface area contributed by atoms with Crippen LogP contribution in [0.4, 0.5) is 5.69 Å². The van der Waals surface area contributed by atoms with E-state index in [1.807, 2.05) is 47.0 Å². The second-order valence-corrected chi connectivity index (χ2v) is 8.79. The Balaban J connectivity index is 1.49. The lowest BCUT2D eigenvalue weighted by Crippen LogP contribution is -2.20. The van der Waals surface area contributed by atoms with Crippen molar-refractivity contribution in [2.24, 2.45) is 5.10 Å². The summed E-state index contributed by atoms with van der Waals surface area (Å²) in [6, 6.07) is 18.8. The second-order valence-electron chi connectivity index (χ2n) is 7.41. The van der Waals surface area contributed by atoms with Crippen molar-refractivity contribution in [3.8, 4) is 28.6 Å². The molecule has 0 saturated heterocycles. The second kappa shape index (κ2) is 11.5. The van der Waals surface area contributed by atoms with Crippen LogP contribution in [-0.2, 0) is 4.79 Å². The Bertz CT molecular complexity index is 1460. The summed E-state index contributed by atoms with van der Waals surface area (Å²) < 4.78 is 6.78. The lowest BCUT2D eigenvalue weighted by atomic mass is 10.2. The fourth-order valence-electron chi connectivity index (χ4n) is 3.27. The minimum Gasteiger partial charge on any atom is -0.504 e. The molecule has 0 aliphatic rings. The average Bonchev–Trinajstić information content (AvgIpc) is 3.33. The van der Waals surface area contributed by atoms with Gasteiger partial charge < -0.3 is 9.84 Å². The highest BCUT2D eigenvalue weighted by Gasteiger charge is 2.18. The molecule has 13 heteroatoms. The molecule has 1 amide bonds. The van der Waals surface area contributed by atoms with Crippen LogP contribution in [0.15, 0.2) is 77.0 Å². The van der Waals surface area contributed by atoms with Gasteiger partial charge in [0.1, 0.15) is 0 Å². The van der Waals surface area contributed by atoms with Crippen molar-refractivity contribution < 1.29 is 19.6 Å². The number of aromatic nitrogens is 3. The van der Waals surface area contributed by atoms with Gasteiger partial charge in [0.05, 0.1) is 30.1 Å². The van der Waals surface area contributed by atoms with Gasteiger partial charge in [0.2, 0.25) is 0 Å². The summed E-state index contributed by atoms with van der Waals surface area (Å²) in [5.41, 5.74) is 3.66. The van der Waals surface area contributed by atoms with Crippen molar-refractivity contribution in [2.45, 2.75) is 5.16 Å². The van der Waals surface area contributed by atoms with E-state index >= 15 is 0 Å². The normalized spacial score (nSPS) is 11.0. The van der Waals surface area contributed by atoms with Gasteiger partial charge >= 0.3 is 0 Å². The van der Waals surface area contributed by atoms with E-state index in [1.54, 1.807) is 12.1 Å². The number of methoxy groups -OCH3 is 1. The number of ether oxygens (including phenoxy) is 1. The summed E-state index contributed by atoms with van der Waals surface area (Å²) in [7, 11) is 1.27. The third-order valence-corrected chi connectivity index (χ3v) is 6.18. The third-order valence-electron chi connectivity index (χ3n) is 5.00. The summed E-state index contributed by atoms with van der Waals surface area (Å²) in [6.07, 6.45) is 1.10. The molecule has 1 aromatic heterocycles. The number of hydrazone groups is 1. The number of nitro groups is 1. The maximum absolute atomic E-state index is 12.4. The number of phenolic OH excluding ortho intramolecular Hbond substituents is 1. The first kappa shape index (κ1) is 25.7. The Kier molecular flexibility index (Phi) is 8.01. The Morgan fingerprint density at radius 1 is 1.22 bits per heavy atom. The van der Waals surface area contributed by atoms with E-state index in [-0.39, 0.29) is 28.5 Å². The molecule has 0 aliphatic heterocycles. The number of carbonyl (C=O) groups is 1. The zero-order valence-electron chi connectivity index (χ0n) is 19.2. The summed E-state index contributed by atoms with van der Waals surface area (Å²) in [5.74, 6) is -0.360. The highest BCUT2D eigenvalue weighted by Crippen LogP contribution is 2.33. The fourth-order valence-corrected chi connectivity index (χ4v) is 4.14. The van der Waals surface area contributed by atoms with Crippen molar-refractivity contribution >= 4 is 41.2 Å². The van der Waals surface area contributed by atoms with Gasteiger partial charge in [-0.15, -0.1) is 10.2 Å². The van der Waals surface area contributed by atoms with Gasteiger partial charge in [0, 0.05) is 27.9 Å². The molecule has 0 unspecified atom stereocenters. The van der Waals surface area contributed by atoms with Crippen molar-refractivity contribution in [2.75, 3.05) is 12.9 Å². The predicted octanol–water partition coefficient (Wildman–Crippen LogP) is 4.45. The van der Waals surface area contributed by atoms with Gasteiger partial charge in [0.15, 0.2) is 22.5 Å². The standard InChI is InChI=1S/C24H19ClN6O5S/c1-36-20-12-19(31(34)35)11-16(22(20)33)13-26-27-21(32)14-37-24-29-28-23(15-7-9-17(25)10-8-15)30(24)18-5-3-2-4-6-18/h2-13,33H,14H2,1H3,(H,27,32)/b26-13-. The van der Waals surface area contributed by atoms with E-state index in [1.165, 1.54) is 7.11 Å². The topological polar surface area (TPSA) is 145 Å². The van der Waals surface area contributed by atoms with Crippen LogP contribution in [0.1, 0.15) is 5.56 Å². The van der Waals surface area contributed by atoms with Gasteiger partial charge in [-0.05, 0) is 36.4 Å². The molecule has 37 heavy (non-hydrogen) atoms. The molecule has 0 aliphatic carbocycles. The first-order valence-electron chi connectivity index (χ1n) is 10.6. The molecule has 4 rings (SSSR count). The molecule has 0 atom stereocenters. The zero-order chi connectivity index (χ0) is 26.4. The molecule has 0 fully saturated rings.